The van der Waals surface area contributed by atoms with Gasteiger partial charge in [-0.25, -0.2) is 4.45 Å². The summed E-state index contributed by atoms with van der Waals surface area (Å²) in [5.74, 6) is 0.873. The molecule has 0 aliphatic heterocycles. The van der Waals surface area contributed by atoms with Crippen LogP contribution in [0.25, 0.3) is 10.9 Å². The quantitative estimate of drug-likeness (QED) is 0.566. The van der Waals surface area contributed by atoms with Gasteiger partial charge in [-0.05, 0) is 41.1 Å². The lowest BCUT2D eigenvalue weighted by Crippen LogP contribution is -1.85. The maximum absolute atomic E-state index is 5.36. The fraction of sp³-hybridized carbons (Fsp3) is 0.222. The van der Waals surface area contributed by atoms with Crippen molar-refractivity contribution < 1.29 is 4.74 Å². The monoisotopic (exact) mass is 398 g/mol. The molecule has 2 aromatic rings. The molecule has 0 N–H and O–H groups in total. The van der Waals surface area contributed by atoms with E-state index in [-0.39, 0.29) is 0 Å². The Balaban J connectivity index is 2.85. The minimum Gasteiger partial charge on any atom is -0.496 e. The van der Waals surface area contributed by atoms with E-state index in [2.05, 4.69) is 49.1 Å². The van der Waals surface area contributed by atoms with Crippen LogP contribution in [0.3, 0.4) is 0 Å². The number of nitrogens with zero attached hydrogens (tertiary/aromatic N) is 2. The Kier molecular flexibility index (Phi) is 3.52. The average molecular weight is 399 g/mol. The van der Waals surface area contributed by atoms with Crippen molar-refractivity contribution in [2.75, 3.05) is 7.11 Å². The third-order valence-corrected chi connectivity index (χ3v) is 4.52. The molecule has 80 valence electrons. The Labute approximate surface area is 111 Å². The van der Waals surface area contributed by atoms with Gasteiger partial charge < -0.3 is 4.74 Å². The number of halogens is 2. The van der Waals surface area contributed by atoms with Crippen LogP contribution >= 0.6 is 44.3 Å². The summed E-state index contributed by atoms with van der Waals surface area (Å²) >= 11 is 5.80. The van der Waals surface area contributed by atoms with Gasteiger partial charge in [0.25, 0.3) is 0 Å². The first-order valence-electron chi connectivity index (χ1n) is 4.27. The Morgan fingerprint density at radius 2 is 2.27 bits per heavy atom. The number of aromatic nitrogens is 2. The highest BCUT2D eigenvalue weighted by Gasteiger charge is 2.12. The zero-order valence-corrected chi connectivity index (χ0v) is 13.0. The molecule has 0 saturated heterocycles. The number of ether oxygens (including phenoxy) is 1. The fourth-order valence-electron chi connectivity index (χ4n) is 1.58. The normalized spacial score (nSPS) is 11.7. The van der Waals surface area contributed by atoms with Gasteiger partial charge in [0.1, 0.15) is 5.75 Å². The summed E-state index contributed by atoms with van der Waals surface area (Å²) in [6.07, 6.45) is 0.598. The Morgan fingerprint density at radius 1 is 1.53 bits per heavy atom. The molecule has 0 spiro atoms. The summed E-state index contributed by atoms with van der Waals surface area (Å²) in [6.45, 7) is 2.01. The van der Waals surface area contributed by atoms with E-state index in [1.807, 2.05) is 17.4 Å². The summed E-state index contributed by atoms with van der Waals surface area (Å²) in [7, 11) is 1.68. The molecule has 2 rings (SSSR count). The van der Waals surface area contributed by atoms with Crippen LogP contribution < -0.4 is 4.74 Å². The van der Waals surface area contributed by atoms with Crippen molar-refractivity contribution in [1.82, 2.24) is 9.55 Å². The highest BCUT2D eigenvalue weighted by atomic mass is 127. The van der Waals surface area contributed by atoms with Crippen LogP contribution in [0.15, 0.2) is 16.6 Å². The lowest BCUT2D eigenvalue weighted by atomic mass is 10.2. The topological polar surface area (TPSA) is 27.1 Å². The molecule has 1 aromatic carbocycles. The van der Waals surface area contributed by atoms with Crippen molar-refractivity contribution >= 4 is 55.2 Å². The molecule has 0 bridgehead atoms. The molecule has 0 aliphatic carbocycles. The predicted octanol–water partition coefficient (Wildman–Crippen LogP) is 3.91. The molecule has 1 heterocycles. The number of rotatable bonds is 2. The lowest BCUT2D eigenvalue weighted by Gasteiger charge is -2.04. The van der Waals surface area contributed by atoms with Gasteiger partial charge in [0.05, 0.1) is 30.1 Å². The SMILES string of the molecule is COc1cc(Br)cc2c1c(C)nn2PI. The van der Waals surface area contributed by atoms with Gasteiger partial charge in [-0.3, -0.25) is 0 Å². The van der Waals surface area contributed by atoms with Crippen molar-refractivity contribution in [3.8, 4) is 5.75 Å². The van der Waals surface area contributed by atoms with E-state index < -0.39 is 0 Å². The molecule has 0 amide bonds. The van der Waals surface area contributed by atoms with Gasteiger partial charge in [0.15, 0.2) is 0 Å². The second-order valence-electron chi connectivity index (χ2n) is 3.08. The second kappa shape index (κ2) is 4.55. The van der Waals surface area contributed by atoms with Crippen LogP contribution in [0.1, 0.15) is 5.69 Å². The van der Waals surface area contributed by atoms with Crippen LogP contribution in [0.4, 0.5) is 0 Å². The van der Waals surface area contributed by atoms with Crippen molar-refractivity contribution in [2.24, 2.45) is 0 Å². The van der Waals surface area contributed by atoms with Gasteiger partial charge >= 0.3 is 0 Å². The zero-order valence-electron chi connectivity index (χ0n) is 8.21. The molecule has 0 fully saturated rings. The van der Waals surface area contributed by atoms with E-state index in [1.165, 1.54) is 0 Å². The predicted molar refractivity (Wildman–Crippen MR) is 76.5 cm³/mol. The molecular formula is C9H9BrIN2OP. The maximum Gasteiger partial charge on any atom is 0.131 e. The van der Waals surface area contributed by atoms with E-state index in [4.69, 9.17) is 4.74 Å². The zero-order chi connectivity index (χ0) is 11.0. The largest absolute Gasteiger partial charge is 0.496 e. The van der Waals surface area contributed by atoms with Crippen LogP contribution in [-0.4, -0.2) is 16.7 Å². The summed E-state index contributed by atoms with van der Waals surface area (Å²) in [4.78, 5) is 0. The molecule has 0 radical (unpaired) electrons. The third-order valence-electron chi connectivity index (χ3n) is 2.19. The van der Waals surface area contributed by atoms with Crippen molar-refractivity contribution in [3.63, 3.8) is 0 Å². The standard InChI is InChI=1S/C9H9BrIN2OP/c1-5-9-7(13(12-5)15-11)3-6(10)4-8(9)14-2/h3-4,15H,1-2H3. The molecule has 1 unspecified atom stereocenters. The molecule has 15 heavy (non-hydrogen) atoms. The fourth-order valence-corrected chi connectivity index (χ4v) is 3.56. The summed E-state index contributed by atoms with van der Waals surface area (Å²) in [5, 5.41) is 5.58. The first-order valence-corrected chi connectivity index (χ1v) is 9.12. The van der Waals surface area contributed by atoms with Gasteiger partial charge in [0, 0.05) is 4.47 Å². The number of hydrogen-bond donors (Lipinski definition) is 0. The smallest absolute Gasteiger partial charge is 0.131 e. The molecule has 6 heteroatoms. The van der Waals surface area contributed by atoms with E-state index in [9.17, 15) is 0 Å². The van der Waals surface area contributed by atoms with Crippen LogP contribution in [0, 0.1) is 6.92 Å². The number of hydrogen-bond acceptors (Lipinski definition) is 2. The maximum atomic E-state index is 5.36. The summed E-state index contributed by atoms with van der Waals surface area (Å²) in [6, 6.07) is 4.04. The lowest BCUT2D eigenvalue weighted by molar-refractivity contribution is 0.419. The average Bonchev–Trinajstić information content (AvgIpc) is 2.54. The number of methoxy groups -OCH3 is 1. The van der Waals surface area contributed by atoms with E-state index >= 15 is 0 Å². The summed E-state index contributed by atoms with van der Waals surface area (Å²) in [5.41, 5.74) is 2.13. The Hall–Kier alpha value is 0.130. The molecule has 0 aliphatic rings. The van der Waals surface area contributed by atoms with Gasteiger partial charge in [-0.2, -0.15) is 5.10 Å². The Morgan fingerprint density at radius 3 is 2.87 bits per heavy atom. The first kappa shape index (κ1) is 11.6. The number of benzene rings is 1. The van der Waals surface area contributed by atoms with Crippen molar-refractivity contribution in [1.29, 1.82) is 0 Å². The number of aryl methyl sites for hydroxylation is 1. The summed E-state index contributed by atoms with van der Waals surface area (Å²) < 4.78 is 8.38. The molecule has 0 saturated carbocycles. The highest BCUT2D eigenvalue weighted by Crippen LogP contribution is 2.36. The molecule has 1 aromatic heterocycles. The Bertz CT molecular complexity index is 514. The minimum absolute atomic E-state index is 0.598. The van der Waals surface area contributed by atoms with Gasteiger partial charge in [0.2, 0.25) is 0 Å². The van der Waals surface area contributed by atoms with E-state index in [0.29, 0.717) is 6.37 Å². The highest BCUT2D eigenvalue weighted by molar-refractivity contribution is 14.2. The van der Waals surface area contributed by atoms with Crippen LogP contribution in [0.5, 0.6) is 5.75 Å². The third kappa shape index (κ3) is 2.01. The van der Waals surface area contributed by atoms with Gasteiger partial charge in [-0.15, -0.1) is 0 Å². The van der Waals surface area contributed by atoms with E-state index in [0.717, 1.165) is 26.8 Å². The molecule has 3 nitrogen and oxygen atoms in total. The number of fused-ring (bicyclic) bond motifs is 1. The van der Waals surface area contributed by atoms with Crippen molar-refractivity contribution in [2.45, 2.75) is 6.92 Å². The molecular weight excluding hydrogens is 390 g/mol. The first-order chi connectivity index (χ1) is 7.17. The second-order valence-corrected chi connectivity index (χ2v) is 6.04. The molecule has 1 atom stereocenters. The van der Waals surface area contributed by atoms with Crippen molar-refractivity contribution in [3.05, 3.63) is 22.3 Å². The van der Waals surface area contributed by atoms with E-state index in [1.54, 1.807) is 7.11 Å². The minimum atomic E-state index is 0.598. The van der Waals surface area contributed by atoms with Crippen LogP contribution in [0.2, 0.25) is 0 Å². The van der Waals surface area contributed by atoms with Gasteiger partial charge in [-0.1, -0.05) is 15.9 Å². The van der Waals surface area contributed by atoms with Crippen LogP contribution in [-0.2, 0) is 0 Å².